The van der Waals surface area contributed by atoms with Gasteiger partial charge in [-0.2, -0.15) is 10.1 Å². The standard InChI is InChI=1S/C30H39N9O3/c1-30(2,3)24-16-26(36-39(24)20-9-11-38(18-20)12-13-41-5)34-29-35-27-23(37(29)4)14-22(17-32-27)42-21-8-10-31-25(15-21)33-28(40)19-6-7-19/h8,10,14-17,19-20H,6-7,9,11-13,18H2,1-5H3,(H,31,33,40)(H,32,34,35,36)/t20-/m0/s1. The summed E-state index contributed by atoms with van der Waals surface area (Å²) in [4.78, 5) is 28.0. The summed E-state index contributed by atoms with van der Waals surface area (Å²) in [5.41, 5.74) is 2.52. The van der Waals surface area contributed by atoms with E-state index in [1.807, 2.05) is 17.7 Å². The molecule has 12 nitrogen and oxygen atoms in total. The van der Waals surface area contributed by atoms with Crippen molar-refractivity contribution in [2.75, 3.05) is 44.0 Å². The van der Waals surface area contributed by atoms with Gasteiger partial charge in [0.2, 0.25) is 11.9 Å². The SMILES string of the molecule is COCCN1CC[C@H](n2nc(Nc3nc4ncc(Oc5ccnc(NC(=O)C6CC6)c5)cc4n3C)cc2C(C)(C)C)C1. The van der Waals surface area contributed by atoms with Crippen LogP contribution in [0.25, 0.3) is 11.2 Å². The minimum atomic E-state index is -0.0689. The van der Waals surface area contributed by atoms with E-state index in [0.717, 1.165) is 56.8 Å². The molecule has 6 rings (SSSR count). The molecule has 1 saturated carbocycles. The Morgan fingerprint density at radius 3 is 2.69 bits per heavy atom. The van der Waals surface area contributed by atoms with Crippen LogP contribution in [0.1, 0.15) is 51.8 Å². The summed E-state index contributed by atoms with van der Waals surface area (Å²) in [7, 11) is 3.68. The molecule has 0 spiro atoms. The van der Waals surface area contributed by atoms with Gasteiger partial charge < -0.3 is 24.7 Å². The summed E-state index contributed by atoms with van der Waals surface area (Å²) in [5.74, 6) is 3.09. The van der Waals surface area contributed by atoms with Crippen molar-refractivity contribution in [3.05, 3.63) is 42.4 Å². The van der Waals surface area contributed by atoms with Crippen molar-refractivity contribution in [3.8, 4) is 11.5 Å². The Labute approximate surface area is 245 Å². The molecule has 1 saturated heterocycles. The summed E-state index contributed by atoms with van der Waals surface area (Å²) in [6.07, 6.45) is 6.18. The summed E-state index contributed by atoms with van der Waals surface area (Å²) < 4.78 is 15.5. The number of hydrogen-bond donors (Lipinski definition) is 2. The fourth-order valence-electron chi connectivity index (χ4n) is 5.31. The molecule has 12 heteroatoms. The maximum atomic E-state index is 12.1. The van der Waals surface area contributed by atoms with Gasteiger partial charge >= 0.3 is 0 Å². The van der Waals surface area contributed by atoms with E-state index in [1.54, 1.807) is 31.6 Å². The molecule has 4 aromatic rings. The monoisotopic (exact) mass is 573 g/mol. The van der Waals surface area contributed by atoms with Gasteiger partial charge in [-0.1, -0.05) is 20.8 Å². The van der Waals surface area contributed by atoms with Crippen LogP contribution in [-0.2, 0) is 22.0 Å². The number of methoxy groups -OCH3 is 1. The second kappa shape index (κ2) is 11.3. The summed E-state index contributed by atoms with van der Waals surface area (Å²) in [6, 6.07) is 7.80. The third kappa shape index (κ3) is 6.09. The lowest BCUT2D eigenvalue weighted by molar-refractivity contribution is -0.117. The molecule has 222 valence electrons. The summed E-state index contributed by atoms with van der Waals surface area (Å²) in [6.45, 7) is 10.3. The minimum Gasteiger partial charge on any atom is -0.455 e. The molecule has 1 atom stereocenters. The molecule has 1 amide bonds. The number of aromatic nitrogens is 6. The molecule has 0 unspecified atom stereocenters. The average Bonchev–Trinajstić information content (AvgIpc) is 3.42. The number of amides is 1. The Kier molecular flexibility index (Phi) is 7.58. The van der Waals surface area contributed by atoms with Gasteiger partial charge in [0.05, 0.1) is 24.4 Å². The fraction of sp³-hybridized carbons (Fsp3) is 0.500. The number of aryl methyl sites for hydroxylation is 1. The fourth-order valence-corrected chi connectivity index (χ4v) is 5.31. The Hall–Kier alpha value is -4.03. The number of hydrogen-bond acceptors (Lipinski definition) is 9. The number of rotatable bonds is 10. The lowest BCUT2D eigenvalue weighted by Crippen LogP contribution is -2.27. The number of carbonyl (C=O) groups excluding carboxylic acids is 1. The topological polar surface area (TPSA) is 124 Å². The van der Waals surface area contributed by atoms with Crippen molar-refractivity contribution in [2.24, 2.45) is 13.0 Å². The predicted octanol–water partition coefficient (Wildman–Crippen LogP) is 4.63. The largest absolute Gasteiger partial charge is 0.455 e. The van der Waals surface area contributed by atoms with Gasteiger partial charge in [-0.15, -0.1) is 0 Å². The highest BCUT2D eigenvalue weighted by Crippen LogP contribution is 2.33. The first kappa shape index (κ1) is 28.1. The second-order valence-corrected chi connectivity index (χ2v) is 12.2. The van der Waals surface area contributed by atoms with E-state index in [0.29, 0.717) is 35.0 Å². The Morgan fingerprint density at radius 1 is 1.10 bits per heavy atom. The summed E-state index contributed by atoms with van der Waals surface area (Å²) in [5, 5.41) is 11.3. The number of pyridine rings is 2. The van der Waals surface area contributed by atoms with Crippen LogP contribution in [0.2, 0.25) is 0 Å². The number of ether oxygens (including phenoxy) is 2. The smallest absolute Gasteiger partial charge is 0.228 e. The van der Waals surface area contributed by atoms with E-state index in [2.05, 4.69) is 57.0 Å². The van der Waals surface area contributed by atoms with Crippen molar-refractivity contribution in [2.45, 2.75) is 51.5 Å². The summed E-state index contributed by atoms with van der Waals surface area (Å²) >= 11 is 0. The van der Waals surface area contributed by atoms with Gasteiger partial charge in [0.1, 0.15) is 17.3 Å². The number of carbonyl (C=O) groups is 1. The highest BCUT2D eigenvalue weighted by atomic mass is 16.5. The van der Waals surface area contributed by atoms with Crippen molar-refractivity contribution < 1.29 is 14.3 Å². The maximum absolute atomic E-state index is 12.1. The van der Waals surface area contributed by atoms with E-state index in [1.165, 1.54) is 5.69 Å². The van der Waals surface area contributed by atoms with Gasteiger partial charge in [0, 0.05) is 75.2 Å². The quantitative estimate of drug-likeness (QED) is 0.279. The van der Waals surface area contributed by atoms with Crippen LogP contribution in [0.5, 0.6) is 11.5 Å². The molecular weight excluding hydrogens is 534 g/mol. The number of anilines is 3. The molecular formula is C30H39N9O3. The molecule has 5 heterocycles. The molecule has 0 aromatic carbocycles. The molecule has 42 heavy (non-hydrogen) atoms. The number of nitrogens with one attached hydrogen (secondary N) is 2. The molecule has 1 aliphatic carbocycles. The molecule has 4 aromatic heterocycles. The third-order valence-electron chi connectivity index (χ3n) is 7.83. The van der Waals surface area contributed by atoms with Crippen LogP contribution < -0.4 is 15.4 Å². The minimum absolute atomic E-state index is 0.00407. The highest BCUT2D eigenvalue weighted by molar-refractivity contribution is 5.93. The van der Waals surface area contributed by atoms with Gasteiger partial charge in [0.15, 0.2) is 11.5 Å². The van der Waals surface area contributed by atoms with Crippen LogP contribution >= 0.6 is 0 Å². The number of likely N-dealkylation sites (tertiary alicyclic amines) is 1. The van der Waals surface area contributed by atoms with E-state index in [-0.39, 0.29) is 17.2 Å². The first-order chi connectivity index (χ1) is 20.2. The van der Waals surface area contributed by atoms with Crippen LogP contribution in [0.3, 0.4) is 0 Å². The highest BCUT2D eigenvalue weighted by Gasteiger charge is 2.31. The Bertz CT molecular complexity index is 1580. The van der Waals surface area contributed by atoms with Crippen LogP contribution in [-0.4, -0.2) is 73.5 Å². The van der Waals surface area contributed by atoms with Crippen LogP contribution in [0, 0.1) is 5.92 Å². The normalized spacial score (nSPS) is 17.6. The molecule has 0 radical (unpaired) electrons. The molecule has 2 aliphatic rings. The zero-order valence-corrected chi connectivity index (χ0v) is 24.9. The number of fused-ring (bicyclic) bond motifs is 1. The molecule has 0 bridgehead atoms. The molecule has 1 aliphatic heterocycles. The van der Waals surface area contributed by atoms with Crippen molar-refractivity contribution in [1.82, 2.24) is 34.2 Å². The van der Waals surface area contributed by atoms with Crippen LogP contribution in [0.4, 0.5) is 17.6 Å². The predicted molar refractivity (Wildman–Crippen MR) is 160 cm³/mol. The first-order valence-electron chi connectivity index (χ1n) is 14.5. The van der Waals surface area contributed by atoms with Crippen LogP contribution in [0.15, 0.2) is 36.7 Å². The molecule has 2 fully saturated rings. The Morgan fingerprint density at radius 2 is 1.93 bits per heavy atom. The van der Waals surface area contributed by atoms with E-state index in [9.17, 15) is 4.79 Å². The van der Waals surface area contributed by atoms with Gasteiger partial charge in [0.25, 0.3) is 0 Å². The average molecular weight is 574 g/mol. The lowest BCUT2D eigenvalue weighted by Gasteiger charge is -2.23. The van der Waals surface area contributed by atoms with E-state index in [4.69, 9.17) is 19.6 Å². The zero-order valence-electron chi connectivity index (χ0n) is 24.9. The Balaban J connectivity index is 1.20. The van der Waals surface area contributed by atoms with Gasteiger partial charge in [-0.3, -0.25) is 14.4 Å². The van der Waals surface area contributed by atoms with E-state index < -0.39 is 0 Å². The maximum Gasteiger partial charge on any atom is 0.228 e. The second-order valence-electron chi connectivity index (χ2n) is 12.2. The third-order valence-corrected chi connectivity index (χ3v) is 7.83. The van der Waals surface area contributed by atoms with Gasteiger partial charge in [-0.05, 0) is 25.3 Å². The van der Waals surface area contributed by atoms with E-state index >= 15 is 0 Å². The van der Waals surface area contributed by atoms with Crippen molar-refractivity contribution in [1.29, 1.82) is 0 Å². The first-order valence-corrected chi connectivity index (χ1v) is 14.5. The van der Waals surface area contributed by atoms with Crippen molar-refractivity contribution >= 4 is 34.7 Å². The number of imidazole rings is 1. The number of nitrogens with zero attached hydrogens (tertiary/aromatic N) is 7. The van der Waals surface area contributed by atoms with Crippen molar-refractivity contribution in [3.63, 3.8) is 0 Å². The zero-order chi connectivity index (χ0) is 29.4. The molecule has 2 N–H and O–H groups in total. The van der Waals surface area contributed by atoms with Gasteiger partial charge in [-0.25, -0.2) is 9.97 Å². The lowest BCUT2D eigenvalue weighted by atomic mass is 9.91.